The minimum atomic E-state index is -4.09. The quantitative estimate of drug-likeness (QED) is 0.507. The maximum Gasteiger partial charge on any atom is 0.264 e. The molecule has 1 aromatic heterocycles. The number of carbonyl (C=O) groups excluding carboxylic acids is 1. The summed E-state index contributed by atoms with van der Waals surface area (Å²) in [6.07, 6.45) is 0.205. The normalized spacial score (nSPS) is 17.6. The molecule has 1 aliphatic heterocycles. The Hall–Kier alpha value is -3.50. The predicted octanol–water partition coefficient (Wildman–Crippen LogP) is 3.21. The summed E-state index contributed by atoms with van der Waals surface area (Å²) in [5.74, 6) is -0.493. The molecule has 1 atom stereocenters. The number of rotatable bonds is 3. The second-order valence-electron chi connectivity index (χ2n) is 9.31. The average Bonchev–Trinajstić information content (AvgIpc) is 2.76. The third kappa shape index (κ3) is 5.77. The molecular formula is C25H28N4O5S. The van der Waals surface area contributed by atoms with Crippen LogP contribution in [0.4, 0.5) is 5.95 Å². The van der Waals surface area contributed by atoms with Crippen LogP contribution < -0.4 is 14.8 Å². The second kappa shape index (κ2) is 9.27. The minimum Gasteiger partial charge on any atom is -0.475 e. The van der Waals surface area contributed by atoms with Crippen molar-refractivity contribution in [1.29, 1.82) is 0 Å². The van der Waals surface area contributed by atoms with Gasteiger partial charge in [-0.1, -0.05) is 24.3 Å². The first kappa shape index (κ1) is 24.6. The smallest absolute Gasteiger partial charge is 0.264 e. The third-order valence-electron chi connectivity index (χ3n) is 5.59. The summed E-state index contributed by atoms with van der Waals surface area (Å²) in [6.45, 7) is 7.17. The molecule has 0 unspecified atom stereocenters. The number of aryl methyl sites for hydroxylation is 2. The molecule has 0 aliphatic carbocycles. The summed E-state index contributed by atoms with van der Waals surface area (Å²) < 4.78 is 34.6. The highest BCUT2D eigenvalue weighted by Crippen LogP contribution is 2.29. The highest BCUT2D eigenvalue weighted by atomic mass is 32.2. The molecule has 3 aromatic rings. The highest BCUT2D eigenvalue weighted by Gasteiger charge is 2.26. The van der Waals surface area contributed by atoms with Crippen molar-refractivity contribution in [2.45, 2.75) is 50.7 Å². The van der Waals surface area contributed by atoms with Gasteiger partial charge in [-0.2, -0.15) is 4.98 Å². The van der Waals surface area contributed by atoms with Crippen molar-refractivity contribution in [3.63, 3.8) is 0 Å². The van der Waals surface area contributed by atoms with Gasteiger partial charge in [-0.25, -0.2) is 18.1 Å². The minimum absolute atomic E-state index is 0.00478. The van der Waals surface area contributed by atoms with Crippen LogP contribution in [0.2, 0.25) is 0 Å². The summed E-state index contributed by atoms with van der Waals surface area (Å²) in [5, 5.41) is 13.2. The monoisotopic (exact) mass is 496 g/mol. The number of fused-ring (bicyclic) bond motifs is 4. The molecule has 35 heavy (non-hydrogen) atoms. The number of sulfonamides is 1. The fourth-order valence-electron chi connectivity index (χ4n) is 4.08. The van der Waals surface area contributed by atoms with Gasteiger partial charge in [0.15, 0.2) is 0 Å². The molecule has 4 bridgehead atoms. The first-order valence-corrected chi connectivity index (χ1v) is 12.6. The molecule has 10 heteroatoms. The van der Waals surface area contributed by atoms with E-state index >= 15 is 0 Å². The SMILES string of the molecule is Cc1cccc(C)c1-c1cc2nc(n1)NS(=O)(=O)c1cccc(c1)C(=O)N[C@H](CC(C)(C)O)CO2. The van der Waals surface area contributed by atoms with E-state index in [1.807, 2.05) is 32.0 Å². The average molecular weight is 497 g/mol. The van der Waals surface area contributed by atoms with Crippen LogP contribution in [-0.4, -0.2) is 47.6 Å². The Morgan fingerprint density at radius 2 is 1.77 bits per heavy atom. The zero-order chi connectivity index (χ0) is 25.4. The van der Waals surface area contributed by atoms with Gasteiger partial charge in [-0.3, -0.25) is 4.79 Å². The largest absolute Gasteiger partial charge is 0.475 e. The fourth-order valence-corrected chi connectivity index (χ4v) is 5.07. The molecule has 0 fully saturated rings. The van der Waals surface area contributed by atoms with Crippen LogP contribution in [0.15, 0.2) is 53.4 Å². The number of hydrogen-bond donors (Lipinski definition) is 3. The number of hydrogen-bond acceptors (Lipinski definition) is 7. The Labute approximate surface area is 204 Å². The summed E-state index contributed by atoms with van der Waals surface area (Å²) >= 11 is 0. The molecule has 1 aliphatic rings. The number of nitrogens with zero attached hydrogens (tertiary/aromatic N) is 2. The zero-order valence-electron chi connectivity index (χ0n) is 20.0. The summed E-state index contributed by atoms with van der Waals surface area (Å²) in [7, 11) is -4.09. The van der Waals surface area contributed by atoms with E-state index in [9.17, 15) is 18.3 Å². The van der Waals surface area contributed by atoms with E-state index in [0.717, 1.165) is 16.7 Å². The molecule has 0 saturated carbocycles. The number of benzene rings is 2. The molecule has 4 rings (SSSR count). The molecule has 2 heterocycles. The number of ether oxygens (including phenoxy) is 1. The zero-order valence-corrected chi connectivity index (χ0v) is 20.8. The Morgan fingerprint density at radius 3 is 2.46 bits per heavy atom. The van der Waals surface area contributed by atoms with Crippen molar-refractivity contribution < 1.29 is 23.1 Å². The summed E-state index contributed by atoms with van der Waals surface area (Å²) in [4.78, 5) is 21.5. The molecule has 2 aromatic carbocycles. The Balaban J connectivity index is 1.86. The molecule has 0 saturated heterocycles. The van der Waals surface area contributed by atoms with Crippen LogP contribution in [0.25, 0.3) is 11.3 Å². The lowest BCUT2D eigenvalue weighted by Gasteiger charge is -2.26. The van der Waals surface area contributed by atoms with Crippen molar-refractivity contribution >= 4 is 21.9 Å². The summed E-state index contributed by atoms with van der Waals surface area (Å²) in [5.41, 5.74) is 2.34. The van der Waals surface area contributed by atoms with Crippen LogP contribution in [0.1, 0.15) is 41.8 Å². The van der Waals surface area contributed by atoms with Crippen LogP contribution in [-0.2, 0) is 10.0 Å². The maximum absolute atomic E-state index is 13.1. The molecular weight excluding hydrogens is 468 g/mol. The highest BCUT2D eigenvalue weighted by molar-refractivity contribution is 7.92. The number of amides is 1. The van der Waals surface area contributed by atoms with Crippen LogP contribution in [0.3, 0.4) is 0 Å². The van der Waals surface area contributed by atoms with Crippen molar-refractivity contribution in [3.8, 4) is 17.1 Å². The van der Waals surface area contributed by atoms with E-state index in [1.54, 1.807) is 19.9 Å². The van der Waals surface area contributed by atoms with Gasteiger partial charge in [0.25, 0.3) is 15.9 Å². The van der Waals surface area contributed by atoms with Gasteiger partial charge < -0.3 is 15.2 Å². The van der Waals surface area contributed by atoms with Gasteiger partial charge in [-0.15, -0.1) is 0 Å². The van der Waals surface area contributed by atoms with Crippen molar-refractivity contribution in [2.24, 2.45) is 0 Å². The Kier molecular flexibility index (Phi) is 6.52. The number of carbonyl (C=O) groups is 1. The van der Waals surface area contributed by atoms with Gasteiger partial charge in [0.1, 0.15) is 6.61 Å². The molecule has 0 radical (unpaired) electrons. The van der Waals surface area contributed by atoms with Gasteiger partial charge >= 0.3 is 0 Å². The summed E-state index contributed by atoms with van der Waals surface area (Å²) in [6, 6.07) is 12.6. The molecule has 184 valence electrons. The van der Waals surface area contributed by atoms with Gasteiger partial charge in [0, 0.05) is 17.2 Å². The van der Waals surface area contributed by atoms with Crippen LogP contribution in [0, 0.1) is 13.8 Å². The number of anilines is 1. The van der Waals surface area contributed by atoms with Gasteiger partial charge in [0.2, 0.25) is 11.8 Å². The van der Waals surface area contributed by atoms with Crippen LogP contribution in [0.5, 0.6) is 5.88 Å². The Bertz CT molecular complexity index is 1360. The van der Waals surface area contributed by atoms with E-state index in [4.69, 9.17) is 4.74 Å². The van der Waals surface area contributed by atoms with Crippen molar-refractivity contribution in [1.82, 2.24) is 15.3 Å². The maximum atomic E-state index is 13.1. The number of aliphatic hydroxyl groups is 1. The van der Waals surface area contributed by atoms with Crippen LogP contribution >= 0.6 is 0 Å². The number of aromatic nitrogens is 2. The van der Waals surface area contributed by atoms with E-state index in [1.165, 1.54) is 24.3 Å². The molecule has 1 amide bonds. The topological polar surface area (TPSA) is 131 Å². The molecule has 3 N–H and O–H groups in total. The number of nitrogens with one attached hydrogen (secondary N) is 2. The first-order chi connectivity index (χ1) is 16.4. The lowest BCUT2D eigenvalue weighted by atomic mass is 9.99. The van der Waals surface area contributed by atoms with E-state index < -0.39 is 27.6 Å². The second-order valence-corrected chi connectivity index (χ2v) is 11.0. The third-order valence-corrected chi connectivity index (χ3v) is 6.91. The standard InChI is InChI=1S/C25H28N4O5S/c1-15-7-5-8-16(2)22(15)20-12-21-28-24(27-20)29-35(32,33)19-10-6-9-17(11-19)23(30)26-18(14-34-21)13-25(3,4)31/h5-12,18,31H,13-14H2,1-4H3,(H,26,30)(H,27,28,29)/t18-/m1/s1. The fraction of sp³-hybridized carbons (Fsp3) is 0.320. The molecule has 9 nitrogen and oxygen atoms in total. The predicted molar refractivity (Wildman–Crippen MR) is 132 cm³/mol. The van der Waals surface area contributed by atoms with E-state index in [2.05, 4.69) is 20.0 Å². The van der Waals surface area contributed by atoms with Gasteiger partial charge in [-0.05, 0) is 63.4 Å². The van der Waals surface area contributed by atoms with E-state index in [0.29, 0.717) is 5.69 Å². The van der Waals surface area contributed by atoms with Crippen molar-refractivity contribution in [3.05, 3.63) is 65.2 Å². The first-order valence-electron chi connectivity index (χ1n) is 11.2. The van der Waals surface area contributed by atoms with Gasteiger partial charge in [0.05, 0.1) is 22.2 Å². The van der Waals surface area contributed by atoms with Crippen molar-refractivity contribution in [2.75, 3.05) is 11.3 Å². The Morgan fingerprint density at radius 1 is 1.09 bits per heavy atom. The van der Waals surface area contributed by atoms with E-state index in [-0.39, 0.29) is 35.3 Å². The molecule has 0 spiro atoms. The lowest BCUT2D eigenvalue weighted by Crippen LogP contribution is -2.43. The lowest BCUT2D eigenvalue weighted by molar-refractivity contribution is 0.0495.